The normalized spacial score (nSPS) is 13.9. The van der Waals surface area contributed by atoms with Crippen LogP contribution in [0.5, 0.6) is 5.75 Å². The molecule has 2 aromatic carbocycles. The van der Waals surface area contributed by atoms with Crippen LogP contribution in [0.25, 0.3) is 0 Å². The van der Waals surface area contributed by atoms with Gasteiger partial charge in [-0.05, 0) is 42.8 Å². The van der Waals surface area contributed by atoms with Gasteiger partial charge in [-0.15, -0.1) is 0 Å². The van der Waals surface area contributed by atoms with Gasteiger partial charge in [0, 0.05) is 18.1 Å². The van der Waals surface area contributed by atoms with Crippen molar-refractivity contribution >= 4 is 29.0 Å². The number of hydrogen-bond acceptors (Lipinski definition) is 4. The molecule has 1 aliphatic heterocycles. The van der Waals surface area contributed by atoms with Gasteiger partial charge in [0.25, 0.3) is 0 Å². The Labute approximate surface area is 164 Å². The quantitative estimate of drug-likeness (QED) is 0.740. The summed E-state index contributed by atoms with van der Waals surface area (Å²) in [7, 11) is 0. The number of anilines is 2. The van der Waals surface area contributed by atoms with E-state index in [4.69, 9.17) is 21.1 Å². The smallest absolute Gasteiger partial charge is 0.319 e. The molecular weight excluding hydrogens is 366 g/mol. The topological polar surface area (TPSA) is 62.8 Å². The Morgan fingerprint density at radius 1 is 1.22 bits per heavy atom. The third kappa shape index (κ3) is 5.52. The van der Waals surface area contributed by atoms with Crippen molar-refractivity contribution in [3.05, 3.63) is 53.1 Å². The SMILES string of the molecule is Cc1cc(OCCNC(=O)Nc2ccccc2N2CCOCC2)ccc1Cl. The van der Waals surface area contributed by atoms with E-state index in [2.05, 4.69) is 15.5 Å². The second kappa shape index (κ2) is 9.48. The zero-order valence-electron chi connectivity index (χ0n) is 15.3. The van der Waals surface area contributed by atoms with Gasteiger partial charge in [0.1, 0.15) is 12.4 Å². The summed E-state index contributed by atoms with van der Waals surface area (Å²) in [6.07, 6.45) is 0. The number of nitrogens with zero attached hydrogens (tertiary/aromatic N) is 1. The molecule has 2 aromatic rings. The summed E-state index contributed by atoms with van der Waals surface area (Å²) in [4.78, 5) is 14.4. The molecule has 0 unspecified atom stereocenters. The second-order valence-electron chi connectivity index (χ2n) is 6.26. The molecule has 1 heterocycles. The van der Waals surface area contributed by atoms with E-state index in [9.17, 15) is 4.79 Å². The zero-order valence-corrected chi connectivity index (χ0v) is 16.1. The number of nitrogens with one attached hydrogen (secondary N) is 2. The maximum atomic E-state index is 12.2. The minimum absolute atomic E-state index is 0.258. The van der Waals surface area contributed by atoms with Crippen LogP contribution in [0, 0.1) is 6.92 Å². The minimum Gasteiger partial charge on any atom is -0.492 e. The Kier molecular flexibility index (Phi) is 6.79. The highest BCUT2D eigenvalue weighted by Gasteiger charge is 2.15. The van der Waals surface area contributed by atoms with Crippen LogP contribution in [0.4, 0.5) is 16.2 Å². The van der Waals surface area contributed by atoms with E-state index < -0.39 is 0 Å². The molecule has 3 rings (SSSR count). The number of halogens is 1. The third-order valence-electron chi connectivity index (χ3n) is 4.29. The largest absolute Gasteiger partial charge is 0.492 e. The molecular formula is C20H24ClN3O3. The average molecular weight is 390 g/mol. The van der Waals surface area contributed by atoms with Crippen molar-refractivity contribution in [1.82, 2.24) is 5.32 Å². The molecule has 7 heteroatoms. The van der Waals surface area contributed by atoms with Crippen LogP contribution < -0.4 is 20.3 Å². The number of hydrogen-bond donors (Lipinski definition) is 2. The van der Waals surface area contributed by atoms with Crippen LogP contribution in [-0.2, 0) is 4.74 Å². The van der Waals surface area contributed by atoms with Gasteiger partial charge < -0.3 is 25.0 Å². The molecule has 0 atom stereocenters. The van der Waals surface area contributed by atoms with E-state index in [1.54, 1.807) is 6.07 Å². The van der Waals surface area contributed by atoms with Crippen molar-refractivity contribution in [3.63, 3.8) is 0 Å². The van der Waals surface area contributed by atoms with Gasteiger partial charge in [0.2, 0.25) is 0 Å². The second-order valence-corrected chi connectivity index (χ2v) is 6.66. The summed E-state index contributed by atoms with van der Waals surface area (Å²) in [6, 6.07) is 13.0. The maximum absolute atomic E-state index is 12.2. The third-order valence-corrected chi connectivity index (χ3v) is 4.71. The molecule has 6 nitrogen and oxygen atoms in total. The first-order valence-corrected chi connectivity index (χ1v) is 9.37. The standard InChI is InChI=1S/C20H24ClN3O3/c1-15-14-16(6-7-17(15)21)27-11-8-22-20(25)23-18-4-2-3-5-19(18)24-9-12-26-13-10-24/h2-7,14H,8-13H2,1H3,(H2,22,23,25). The predicted octanol–water partition coefficient (Wildman–Crippen LogP) is 3.69. The summed E-state index contributed by atoms with van der Waals surface area (Å²) < 4.78 is 11.0. The lowest BCUT2D eigenvalue weighted by molar-refractivity contribution is 0.123. The Bertz CT molecular complexity index is 779. The van der Waals surface area contributed by atoms with Gasteiger partial charge in [-0.2, -0.15) is 0 Å². The summed E-state index contributed by atoms with van der Waals surface area (Å²) in [5, 5.41) is 6.44. The van der Waals surface area contributed by atoms with Gasteiger partial charge in [0.05, 0.1) is 31.1 Å². The van der Waals surface area contributed by atoms with Crippen LogP contribution in [0.1, 0.15) is 5.56 Å². The number of aryl methyl sites for hydroxylation is 1. The highest BCUT2D eigenvalue weighted by molar-refractivity contribution is 6.31. The molecule has 2 amide bonds. The fourth-order valence-corrected chi connectivity index (χ4v) is 2.98. The van der Waals surface area contributed by atoms with Crippen molar-refractivity contribution in [2.75, 3.05) is 49.7 Å². The number of urea groups is 1. The summed E-state index contributed by atoms with van der Waals surface area (Å²) in [5.74, 6) is 0.733. The molecule has 0 aliphatic carbocycles. The molecule has 2 N–H and O–H groups in total. The van der Waals surface area contributed by atoms with Crippen molar-refractivity contribution in [1.29, 1.82) is 0 Å². The first-order chi connectivity index (χ1) is 13.1. The van der Waals surface area contributed by atoms with Crippen LogP contribution in [0.2, 0.25) is 5.02 Å². The first kappa shape index (κ1) is 19.3. The average Bonchev–Trinajstić information content (AvgIpc) is 2.69. The summed E-state index contributed by atoms with van der Waals surface area (Å²) in [6.45, 7) is 5.72. The number of morpholine rings is 1. The van der Waals surface area contributed by atoms with Gasteiger partial charge in [-0.3, -0.25) is 0 Å². The number of benzene rings is 2. The van der Waals surface area contributed by atoms with Crippen molar-refractivity contribution in [3.8, 4) is 5.75 Å². The van der Waals surface area contributed by atoms with E-state index in [1.165, 1.54) is 0 Å². The lowest BCUT2D eigenvalue weighted by Crippen LogP contribution is -2.37. The van der Waals surface area contributed by atoms with E-state index in [0.717, 1.165) is 35.8 Å². The fraction of sp³-hybridized carbons (Fsp3) is 0.350. The zero-order chi connectivity index (χ0) is 19.1. The molecule has 1 aliphatic rings. The molecule has 0 bridgehead atoms. The first-order valence-electron chi connectivity index (χ1n) is 8.99. The fourth-order valence-electron chi connectivity index (χ4n) is 2.87. The van der Waals surface area contributed by atoms with Gasteiger partial charge in [-0.1, -0.05) is 23.7 Å². The molecule has 0 radical (unpaired) electrons. The Hall–Kier alpha value is -2.44. The van der Waals surface area contributed by atoms with E-state index in [0.29, 0.717) is 31.4 Å². The number of carbonyl (C=O) groups excluding carboxylic acids is 1. The van der Waals surface area contributed by atoms with Crippen LogP contribution >= 0.6 is 11.6 Å². The lowest BCUT2D eigenvalue weighted by atomic mass is 10.2. The summed E-state index contributed by atoms with van der Waals surface area (Å²) >= 11 is 6.00. The minimum atomic E-state index is -0.258. The number of para-hydroxylation sites is 2. The van der Waals surface area contributed by atoms with Crippen molar-refractivity contribution in [2.45, 2.75) is 6.92 Å². The molecule has 1 saturated heterocycles. The molecule has 27 heavy (non-hydrogen) atoms. The number of rotatable bonds is 6. The van der Waals surface area contributed by atoms with Gasteiger partial charge in [0.15, 0.2) is 0 Å². The van der Waals surface area contributed by atoms with E-state index in [-0.39, 0.29) is 6.03 Å². The molecule has 144 valence electrons. The van der Waals surface area contributed by atoms with Crippen LogP contribution in [-0.4, -0.2) is 45.5 Å². The molecule has 0 aromatic heterocycles. The molecule has 1 fully saturated rings. The number of ether oxygens (including phenoxy) is 2. The van der Waals surface area contributed by atoms with Gasteiger partial charge >= 0.3 is 6.03 Å². The van der Waals surface area contributed by atoms with Crippen LogP contribution in [0.3, 0.4) is 0 Å². The Balaban J connectivity index is 1.47. The predicted molar refractivity (Wildman–Crippen MR) is 108 cm³/mol. The Morgan fingerprint density at radius 2 is 2.00 bits per heavy atom. The molecule has 0 saturated carbocycles. The maximum Gasteiger partial charge on any atom is 0.319 e. The summed E-state index contributed by atoms with van der Waals surface area (Å²) in [5.41, 5.74) is 2.74. The molecule has 0 spiro atoms. The number of amides is 2. The van der Waals surface area contributed by atoms with Gasteiger partial charge in [-0.25, -0.2) is 4.79 Å². The number of carbonyl (C=O) groups is 1. The van der Waals surface area contributed by atoms with E-state index >= 15 is 0 Å². The van der Waals surface area contributed by atoms with Crippen molar-refractivity contribution < 1.29 is 14.3 Å². The van der Waals surface area contributed by atoms with Crippen LogP contribution in [0.15, 0.2) is 42.5 Å². The van der Waals surface area contributed by atoms with E-state index in [1.807, 2.05) is 43.3 Å². The Morgan fingerprint density at radius 3 is 2.78 bits per heavy atom. The highest BCUT2D eigenvalue weighted by atomic mass is 35.5. The highest BCUT2D eigenvalue weighted by Crippen LogP contribution is 2.26. The lowest BCUT2D eigenvalue weighted by Gasteiger charge is -2.30. The van der Waals surface area contributed by atoms with Crippen molar-refractivity contribution in [2.24, 2.45) is 0 Å². The monoisotopic (exact) mass is 389 g/mol.